The van der Waals surface area contributed by atoms with E-state index in [9.17, 15) is 29.4 Å². The van der Waals surface area contributed by atoms with E-state index in [1.165, 1.54) is 26.0 Å². The second kappa shape index (κ2) is 9.15. The third-order valence-electron chi connectivity index (χ3n) is 5.66. The molecule has 0 amide bonds. The van der Waals surface area contributed by atoms with E-state index >= 15 is 0 Å². The maximum Gasteiger partial charge on any atom is 0.334 e. The Morgan fingerprint density at radius 1 is 1.29 bits per heavy atom. The first-order valence-electron chi connectivity index (χ1n) is 9.84. The SMILES string of the molecule is C=C1C(=O)O[C@@H]2/C=C(\C)[C@@H](O)CC(=O)[C@@](C)(O)[C@@H](OC(C)=O)[C@@H](OC(=O)/C(C)=C\C)[C@@H]12. The van der Waals surface area contributed by atoms with Gasteiger partial charge >= 0.3 is 17.9 Å². The zero-order valence-corrected chi connectivity index (χ0v) is 18.2. The van der Waals surface area contributed by atoms with Crippen molar-refractivity contribution in [2.24, 2.45) is 5.92 Å². The molecule has 2 N–H and O–H groups in total. The number of fused-ring (bicyclic) bond motifs is 1. The summed E-state index contributed by atoms with van der Waals surface area (Å²) in [6.07, 6.45) is -3.02. The van der Waals surface area contributed by atoms with Gasteiger partial charge < -0.3 is 24.4 Å². The molecule has 2 aliphatic rings. The van der Waals surface area contributed by atoms with Crippen LogP contribution in [-0.4, -0.2) is 63.9 Å². The Balaban J connectivity index is 2.73. The number of hydrogen-bond donors (Lipinski definition) is 2. The number of esters is 3. The largest absolute Gasteiger partial charge is 0.455 e. The summed E-state index contributed by atoms with van der Waals surface area (Å²) in [5.74, 6) is -4.33. The first kappa shape index (κ1) is 24.5. The predicted octanol–water partition coefficient (Wildman–Crippen LogP) is 0.925. The van der Waals surface area contributed by atoms with Gasteiger partial charge in [-0.25, -0.2) is 9.59 Å². The topological polar surface area (TPSA) is 136 Å². The number of ether oxygens (including phenoxy) is 3. The molecule has 9 nitrogen and oxygen atoms in total. The Kier molecular flexibility index (Phi) is 7.23. The standard InChI is InChI=1S/C22H28O9/c1-7-10(2)20(26)31-18-17-12(4)21(27)30-15(17)8-11(3)14(24)9-16(25)22(6,28)19(18)29-13(5)23/h7-8,14-15,17-19,24,28H,4,9H2,1-3,5-6H3/b10-7-,11-8+/t14-,15+,17-,18-,19-,22+/m0/s1. The third-order valence-corrected chi connectivity index (χ3v) is 5.66. The normalized spacial score (nSPS) is 36.1. The minimum atomic E-state index is -2.35. The van der Waals surface area contributed by atoms with E-state index in [1.807, 2.05) is 0 Å². The molecule has 1 aliphatic heterocycles. The maximum absolute atomic E-state index is 12.9. The van der Waals surface area contributed by atoms with Crippen molar-refractivity contribution in [3.63, 3.8) is 0 Å². The van der Waals surface area contributed by atoms with Crippen molar-refractivity contribution in [3.8, 4) is 0 Å². The van der Waals surface area contributed by atoms with Crippen LogP contribution in [0.2, 0.25) is 0 Å². The molecule has 0 aromatic carbocycles. The summed E-state index contributed by atoms with van der Waals surface area (Å²) in [5.41, 5.74) is -1.89. The highest BCUT2D eigenvalue weighted by Crippen LogP contribution is 2.39. The van der Waals surface area contributed by atoms with E-state index in [-0.39, 0.29) is 11.1 Å². The van der Waals surface area contributed by atoms with Crippen molar-refractivity contribution in [1.82, 2.24) is 0 Å². The highest BCUT2D eigenvalue weighted by molar-refractivity contribution is 5.93. The van der Waals surface area contributed by atoms with Gasteiger partial charge in [0.05, 0.1) is 12.0 Å². The minimum absolute atomic E-state index is 0.0829. The Hall–Kier alpha value is -2.78. The fourth-order valence-electron chi connectivity index (χ4n) is 3.54. The summed E-state index contributed by atoms with van der Waals surface area (Å²) in [6.45, 7) is 10.5. The molecular weight excluding hydrogens is 408 g/mol. The lowest BCUT2D eigenvalue weighted by Gasteiger charge is -2.39. The van der Waals surface area contributed by atoms with Crippen LogP contribution in [0.15, 0.2) is 35.5 Å². The van der Waals surface area contributed by atoms with Crippen molar-refractivity contribution in [2.75, 3.05) is 0 Å². The molecule has 6 atom stereocenters. The first-order chi connectivity index (χ1) is 14.3. The van der Waals surface area contributed by atoms with Crippen LogP contribution in [0.5, 0.6) is 0 Å². The van der Waals surface area contributed by atoms with E-state index in [0.29, 0.717) is 5.57 Å². The summed E-state index contributed by atoms with van der Waals surface area (Å²) in [4.78, 5) is 49.6. The number of carbonyl (C=O) groups is 4. The number of rotatable bonds is 3. The molecule has 170 valence electrons. The zero-order chi connectivity index (χ0) is 23.7. The predicted molar refractivity (Wildman–Crippen MR) is 107 cm³/mol. The molecule has 1 aliphatic carbocycles. The molecular formula is C22H28O9. The lowest BCUT2D eigenvalue weighted by molar-refractivity contribution is -0.195. The minimum Gasteiger partial charge on any atom is -0.455 e. The van der Waals surface area contributed by atoms with Gasteiger partial charge in [0, 0.05) is 24.5 Å². The van der Waals surface area contributed by atoms with Crippen LogP contribution in [-0.2, 0) is 33.4 Å². The second-order valence-electron chi connectivity index (χ2n) is 7.99. The third kappa shape index (κ3) is 4.94. The van der Waals surface area contributed by atoms with Crippen molar-refractivity contribution in [1.29, 1.82) is 0 Å². The van der Waals surface area contributed by atoms with Crippen molar-refractivity contribution in [3.05, 3.63) is 35.5 Å². The molecule has 0 unspecified atom stereocenters. The number of Topliss-reactive ketones (excluding diaryl/α,β-unsaturated/α-hetero) is 1. The Bertz CT molecular complexity index is 864. The van der Waals surface area contributed by atoms with Crippen LogP contribution in [0.4, 0.5) is 0 Å². The monoisotopic (exact) mass is 436 g/mol. The molecule has 0 saturated carbocycles. The van der Waals surface area contributed by atoms with Crippen molar-refractivity contribution >= 4 is 23.7 Å². The van der Waals surface area contributed by atoms with Gasteiger partial charge in [-0.2, -0.15) is 0 Å². The lowest BCUT2D eigenvalue weighted by Crippen LogP contribution is -2.59. The molecule has 0 radical (unpaired) electrons. The van der Waals surface area contributed by atoms with Crippen molar-refractivity contribution in [2.45, 2.75) is 71.1 Å². The summed E-state index contributed by atoms with van der Waals surface area (Å²) < 4.78 is 16.2. The number of allylic oxidation sites excluding steroid dienone is 1. The van der Waals surface area contributed by atoms with E-state index in [4.69, 9.17) is 14.2 Å². The van der Waals surface area contributed by atoms with Gasteiger partial charge in [-0.05, 0) is 39.3 Å². The number of aliphatic hydroxyl groups excluding tert-OH is 1. The summed E-state index contributed by atoms with van der Waals surface area (Å²) in [6, 6.07) is 0. The van der Waals surface area contributed by atoms with Gasteiger partial charge in [0.2, 0.25) is 0 Å². The first-order valence-corrected chi connectivity index (χ1v) is 9.84. The number of ketones is 1. The summed E-state index contributed by atoms with van der Waals surface area (Å²) >= 11 is 0. The van der Waals surface area contributed by atoms with E-state index < -0.39 is 66.0 Å². The highest BCUT2D eigenvalue weighted by Gasteiger charge is 2.56. The molecule has 0 bridgehead atoms. The molecule has 9 heteroatoms. The van der Waals surface area contributed by atoms with Gasteiger partial charge in [-0.1, -0.05) is 12.7 Å². The van der Waals surface area contributed by atoms with E-state index in [1.54, 1.807) is 6.92 Å². The average molecular weight is 436 g/mol. The van der Waals surface area contributed by atoms with Gasteiger partial charge in [-0.3, -0.25) is 9.59 Å². The fourth-order valence-corrected chi connectivity index (χ4v) is 3.54. The zero-order valence-electron chi connectivity index (χ0n) is 18.2. The molecule has 2 rings (SSSR count). The van der Waals surface area contributed by atoms with E-state index in [0.717, 1.165) is 13.8 Å². The summed E-state index contributed by atoms with van der Waals surface area (Å²) in [5, 5.41) is 21.5. The van der Waals surface area contributed by atoms with Gasteiger partial charge in [0.1, 0.15) is 6.10 Å². The molecule has 0 aromatic rings. The van der Waals surface area contributed by atoms with Crippen LogP contribution >= 0.6 is 0 Å². The number of hydrogen-bond acceptors (Lipinski definition) is 9. The van der Waals surface area contributed by atoms with E-state index in [2.05, 4.69) is 6.58 Å². The second-order valence-corrected chi connectivity index (χ2v) is 7.99. The molecule has 0 spiro atoms. The molecule has 31 heavy (non-hydrogen) atoms. The highest BCUT2D eigenvalue weighted by atomic mass is 16.6. The smallest absolute Gasteiger partial charge is 0.334 e. The average Bonchev–Trinajstić information content (AvgIpc) is 2.95. The number of aliphatic hydroxyl groups is 2. The van der Waals surface area contributed by atoms with Gasteiger partial charge in [0.25, 0.3) is 0 Å². The van der Waals surface area contributed by atoms with Crippen molar-refractivity contribution < 1.29 is 43.6 Å². The Morgan fingerprint density at radius 3 is 2.45 bits per heavy atom. The quantitative estimate of drug-likeness (QED) is 0.286. The van der Waals surface area contributed by atoms with Gasteiger partial charge in [-0.15, -0.1) is 0 Å². The van der Waals surface area contributed by atoms with Gasteiger partial charge in [0.15, 0.2) is 23.6 Å². The molecule has 1 heterocycles. The van der Waals surface area contributed by atoms with Crippen LogP contribution < -0.4 is 0 Å². The molecule has 1 saturated heterocycles. The van der Waals surface area contributed by atoms with Crippen LogP contribution in [0.25, 0.3) is 0 Å². The maximum atomic E-state index is 12.9. The fraction of sp³-hybridized carbons (Fsp3) is 0.545. The molecule has 1 fully saturated rings. The number of carbonyl (C=O) groups excluding carboxylic acids is 4. The Morgan fingerprint density at radius 2 is 1.90 bits per heavy atom. The van der Waals surface area contributed by atoms with Crippen LogP contribution in [0.3, 0.4) is 0 Å². The van der Waals surface area contributed by atoms with Crippen LogP contribution in [0.1, 0.15) is 41.0 Å². The lowest BCUT2D eigenvalue weighted by atomic mass is 9.77. The Labute approximate surface area is 180 Å². The van der Waals surface area contributed by atoms with Crippen LogP contribution in [0, 0.1) is 5.92 Å². The summed E-state index contributed by atoms with van der Waals surface area (Å²) in [7, 11) is 0. The molecule has 0 aromatic heterocycles.